The van der Waals surface area contributed by atoms with Crippen molar-refractivity contribution in [2.24, 2.45) is 0 Å². The minimum absolute atomic E-state index is 0.176. The van der Waals surface area contributed by atoms with E-state index < -0.39 is 9.84 Å². The van der Waals surface area contributed by atoms with Crippen LogP contribution in [0.25, 0.3) is 0 Å². The zero-order valence-corrected chi connectivity index (χ0v) is 14.1. The highest BCUT2D eigenvalue weighted by atomic mass is 32.2. The van der Waals surface area contributed by atoms with Crippen LogP contribution in [-0.4, -0.2) is 13.5 Å². The number of aromatic hydroxyl groups is 1. The number of hydrogen-bond donors (Lipinski definition) is 1. The van der Waals surface area contributed by atoms with E-state index in [9.17, 15) is 13.5 Å². The smallest absolute Gasteiger partial charge is 0.206 e. The van der Waals surface area contributed by atoms with Crippen molar-refractivity contribution in [2.75, 3.05) is 0 Å². The predicted molar refractivity (Wildman–Crippen MR) is 92.0 cm³/mol. The molecule has 0 radical (unpaired) electrons. The lowest BCUT2D eigenvalue weighted by atomic mass is 9.97. The van der Waals surface area contributed by atoms with Gasteiger partial charge in [-0.05, 0) is 66.8 Å². The first-order valence-corrected chi connectivity index (χ1v) is 9.46. The van der Waals surface area contributed by atoms with Gasteiger partial charge in [-0.3, -0.25) is 0 Å². The third kappa shape index (κ3) is 3.17. The van der Waals surface area contributed by atoms with Crippen molar-refractivity contribution >= 4 is 9.84 Å². The molecule has 0 amide bonds. The van der Waals surface area contributed by atoms with Gasteiger partial charge in [0, 0.05) is 0 Å². The fourth-order valence-corrected chi connectivity index (χ4v) is 4.49. The van der Waals surface area contributed by atoms with Gasteiger partial charge in [-0.1, -0.05) is 19.4 Å². The topological polar surface area (TPSA) is 63.6 Å². The summed E-state index contributed by atoms with van der Waals surface area (Å²) < 4.78 is 30.8. The summed E-state index contributed by atoms with van der Waals surface area (Å²) in [6.45, 7) is 3.47. The van der Waals surface area contributed by atoms with Gasteiger partial charge >= 0.3 is 0 Å². The molecule has 1 aliphatic rings. The highest BCUT2D eigenvalue weighted by Gasteiger charge is 2.24. The van der Waals surface area contributed by atoms with Crippen LogP contribution in [0.3, 0.4) is 0 Å². The fraction of sp³-hybridized carbons (Fsp3) is 0.263. The standard InChI is InChI=1S/C19H20O4S/c1-2-23-15-7-9-16(10-8-15)24(21,22)17-11-12-19(20)18(13-17)14-5-3-4-6-14/h2,7-14,20H,1,3-6H2. The van der Waals surface area contributed by atoms with Gasteiger partial charge in [-0.2, -0.15) is 0 Å². The maximum atomic E-state index is 12.8. The molecule has 2 aromatic rings. The monoisotopic (exact) mass is 344 g/mol. The first-order valence-electron chi connectivity index (χ1n) is 7.98. The Kier molecular flexibility index (Phi) is 4.62. The van der Waals surface area contributed by atoms with Gasteiger partial charge in [-0.25, -0.2) is 8.42 Å². The fourth-order valence-electron chi connectivity index (χ4n) is 3.19. The Morgan fingerprint density at radius 3 is 2.29 bits per heavy atom. The third-order valence-electron chi connectivity index (χ3n) is 4.46. The summed E-state index contributed by atoms with van der Waals surface area (Å²) in [5.74, 6) is 0.945. The van der Waals surface area contributed by atoms with E-state index in [0.29, 0.717) is 5.75 Å². The van der Waals surface area contributed by atoms with Gasteiger partial charge in [0.05, 0.1) is 16.1 Å². The molecule has 0 saturated heterocycles. The molecule has 1 aliphatic carbocycles. The first kappa shape index (κ1) is 16.6. The van der Waals surface area contributed by atoms with E-state index in [-0.39, 0.29) is 21.5 Å². The number of hydrogen-bond acceptors (Lipinski definition) is 4. The second-order valence-corrected chi connectivity index (χ2v) is 7.91. The lowest BCUT2D eigenvalue weighted by Crippen LogP contribution is -2.04. The molecule has 0 spiro atoms. The van der Waals surface area contributed by atoms with E-state index in [2.05, 4.69) is 6.58 Å². The Balaban J connectivity index is 1.97. The Labute approximate surface area is 142 Å². The van der Waals surface area contributed by atoms with Crippen LogP contribution in [0.1, 0.15) is 37.2 Å². The van der Waals surface area contributed by atoms with Crippen LogP contribution in [0, 0.1) is 0 Å². The van der Waals surface area contributed by atoms with Crippen molar-refractivity contribution in [1.82, 2.24) is 0 Å². The number of sulfone groups is 1. The number of phenols is 1. The van der Waals surface area contributed by atoms with Gasteiger partial charge in [0.15, 0.2) is 0 Å². The second kappa shape index (κ2) is 6.69. The van der Waals surface area contributed by atoms with E-state index >= 15 is 0 Å². The highest BCUT2D eigenvalue weighted by molar-refractivity contribution is 7.91. The van der Waals surface area contributed by atoms with Crippen molar-refractivity contribution in [3.05, 3.63) is 60.9 Å². The van der Waals surface area contributed by atoms with Crippen LogP contribution in [-0.2, 0) is 9.84 Å². The Morgan fingerprint density at radius 1 is 1.04 bits per heavy atom. The highest BCUT2D eigenvalue weighted by Crippen LogP contribution is 2.39. The van der Waals surface area contributed by atoms with Gasteiger partial charge < -0.3 is 9.84 Å². The average Bonchev–Trinajstić information content (AvgIpc) is 3.10. The Hall–Kier alpha value is -2.27. The van der Waals surface area contributed by atoms with Crippen LogP contribution in [0.15, 0.2) is 65.1 Å². The maximum absolute atomic E-state index is 12.8. The molecule has 2 aromatic carbocycles. The Morgan fingerprint density at radius 2 is 1.67 bits per heavy atom. The van der Waals surface area contributed by atoms with Gasteiger partial charge in [-0.15, -0.1) is 0 Å². The summed E-state index contributed by atoms with van der Waals surface area (Å²) in [4.78, 5) is 0.404. The predicted octanol–water partition coefficient (Wildman–Crippen LogP) is 4.40. The minimum atomic E-state index is -3.63. The summed E-state index contributed by atoms with van der Waals surface area (Å²) >= 11 is 0. The molecular formula is C19H20O4S. The van der Waals surface area contributed by atoms with Crippen molar-refractivity contribution in [1.29, 1.82) is 0 Å². The summed E-state index contributed by atoms with van der Waals surface area (Å²) in [6.07, 6.45) is 5.50. The first-order chi connectivity index (χ1) is 11.5. The summed E-state index contributed by atoms with van der Waals surface area (Å²) in [5.41, 5.74) is 0.736. The van der Waals surface area contributed by atoms with Crippen molar-refractivity contribution in [2.45, 2.75) is 41.4 Å². The largest absolute Gasteiger partial charge is 0.508 e. The zero-order valence-electron chi connectivity index (χ0n) is 13.3. The average molecular weight is 344 g/mol. The molecule has 1 fully saturated rings. The van der Waals surface area contributed by atoms with Gasteiger partial charge in [0.25, 0.3) is 0 Å². The summed E-state index contributed by atoms with van der Waals surface area (Å²) in [5, 5.41) is 10.1. The van der Waals surface area contributed by atoms with Crippen LogP contribution in [0.4, 0.5) is 0 Å². The molecule has 4 nitrogen and oxygen atoms in total. The molecule has 0 aliphatic heterocycles. The maximum Gasteiger partial charge on any atom is 0.206 e. The van der Waals surface area contributed by atoms with E-state index in [4.69, 9.17) is 4.74 Å². The molecule has 0 aromatic heterocycles. The van der Waals surface area contributed by atoms with Crippen LogP contribution in [0.2, 0.25) is 0 Å². The number of rotatable bonds is 5. The molecule has 24 heavy (non-hydrogen) atoms. The molecular weight excluding hydrogens is 324 g/mol. The summed E-state index contributed by atoms with van der Waals surface area (Å²) in [7, 11) is -3.63. The van der Waals surface area contributed by atoms with Crippen LogP contribution < -0.4 is 4.74 Å². The lowest BCUT2D eigenvalue weighted by Gasteiger charge is -2.14. The number of benzene rings is 2. The molecule has 0 heterocycles. The molecule has 0 unspecified atom stereocenters. The van der Waals surface area contributed by atoms with Crippen LogP contribution in [0.5, 0.6) is 11.5 Å². The van der Waals surface area contributed by atoms with E-state index in [1.54, 1.807) is 18.2 Å². The Bertz CT molecular complexity index is 832. The molecule has 126 valence electrons. The van der Waals surface area contributed by atoms with Crippen molar-refractivity contribution < 1.29 is 18.3 Å². The van der Waals surface area contributed by atoms with Gasteiger partial charge in [0.1, 0.15) is 11.5 Å². The van der Waals surface area contributed by atoms with Crippen LogP contribution >= 0.6 is 0 Å². The normalized spacial score (nSPS) is 15.3. The molecule has 5 heteroatoms. The molecule has 0 atom stereocenters. The lowest BCUT2D eigenvalue weighted by molar-refractivity contribution is 0.460. The van der Waals surface area contributed by atoms with Crippen molar-refractivity contribution in [3.8, 4) is 11.5 Å². The van der Waals surface area contributed by atoms with E-state index in [1.165, 1.54) is 30.5 Å². The zero-order chi connectivity index (χ0) is 17.2. The molecule has 0 bridgehead atoms. The quantitative estimate of drug-likeness (QED) is 0.816. The molecule has 1 saturated carbocycles. The SMILES string of the molecule is C=COc1ccc(S(=O)(=O)c2ccc(O)c(C3CCCC3)c2)cc1. The molecule has 1 N–H and O–H groups in total. The number of ether oxygens (including phenoxy) is 1. The minimum Gasteiger partial charge on any atom is -0.508 e. The van der Waals surface area contributed by atoms with Gasteiger partial charge in [0.2, 0.25) is 9.84 Å². The van der Waals surface area contributed by atoms with E-state index in [0.717, 1.165) is 31.2 Å². The van der Waals surface area contributed by atoms with E-state index in [1.807, 2.05) is 0 Å². The molecule has 3 rings (SSSR count). The number of phenolic OH excluding ortho intramolecular Hbond substituents is 1. The van der Waals surface area contributed by atoms with Crippen molar-refractivity contribution in [3.63, 3.8) is 0 Å². The second-order valence-electron chi connectivity index (χ2n) is 5.96. The third-order valence-corrected chi connectivity index (χ3v) is 6.23. The summed E-state index contributed by atoms with van der Waals surface area (Å²) in [6, 6.07) is 10.8.